The molecule has 0 radical (unpaired) electrons. The molecule has 1 saturated heterocycles. The first-order valence-corrected chi connectivity index (χ1v) is 13.3. The molecule has 12 nitrogen and oxygen atoms in total. The molecule has 5 heterocycles. The minimum Gasteiger partial charge on any atom is -0.484 e. The molecule has 1 aromatic carbocycles. The summed E-state index contributed by atoms with van der Waals surface area (Å²) in [6, 6.07) is 7.53. The smallest absolute Gasteiger partial charge is 0.332 e. The van der Waals surface area contributed by atoms with Gasteiger partial charge in [-0.25, -0.2) is 14.0 Å². The van der Waals surface area contributed by atoms with Gasteiger partial charge in [0.05, 0.1) is 22.7 Å². The number of ether oxygens (including phenoxy) is 2. The number of halogens is 1. The molecule has 3 aliphatic rings. The van der Waals surface area contributed by atoms with Crippen LogP contribution in [0.4, 0.5) is 4.39 Å². The van der Waals surface area contributed by atoms with Crippen molar-refractivity contribution >= 4 is 22.8 Å². The van der Waals surface area contributed by atoms with Crippen molar-refractivity contribution in [3.63, 3.8) is 0 Å². The van der Waals surface area contributed by atoms with Gasteiger partial charge in [0.25, 0.3) is 11.4 Å². The van der Waals surface area contributed by atoms with Crippen molar-refractivity contribution < 1.29 is 33.7 Å². The minimum absolute atomic E-state index is 0.0390. The van der Waals surface area contributed by atoms with Gasteiger partial charge in [0.2, 0.25) is 0 Å². The van der Waals surface area contributed by atoms with E-state index in [0.717, 1.165) is 0 Å². The zero-order valence-corrected chi connectivity index (χ0v) is 22.0. The second kappa shape index (κ2) is 10.6. The topological polar surface area (TPSA) is 156 Å². The lowest BCUT2D eigenvalue weighted by atomic mass is 9.73. The Morgan fingerprint density at radius 3 is 2.71 bits per heavy atom. The number of fused-ring (bicyclic) bond motifs is 1. The number of piperidine rings is 1. The van der Waals surface area contributed by atoms with Crippen LogP contribution in [0, 0.1) is 5.82 Å². The van der Waals surface area contributed by atoms with Gasteiger partial charge in [0.1, 0.15) is 18.5 Å². The number of likely N-dealkylation sites (tertiary alicyclic amines) is 1. The molecule has 0 aliphatic carbocycles. The van der Waals surface area contributed by atoms with Gasteiger partial charge in [0, 0.05) is 49.4 Å². The van der Waals surface area contributed by atoms with Crippen LogP contribution in [-0.4, -0.2) is 86.7 Å². The van der Waals surface area contributed by atoms with Crippen molar-refractivity contribution in [1.29, 1.82) is 0 Å². The molecule has 0 amide bonds. The highest BCUT2D eigenvalue weighted by atomic mass is 19.1. The summed E-state index contributed by atoms with van der Waals surface area (Å²) in [5, 5.41) is 31.6. The van der Waals surface area contributed by atoms with Crippen molar-refractivity contribution in [3.8, 4) is 11.6 Å². The van der Waals surface area contributed by atoms with E-state index in [1.165, 1.54) is 29.0 Å². The molecule has 41 heavy (non-hydrogen) atoms. The van der Waals surface area contributed by atoms with E-state index in [1.54, 1.807) is 12.1 Å². The third-order valence-corrected chi connectivity index (χ3v) is 8.09. The molecule has 2 atom stereocenters. The van der Waals surface area contributed by atoms with Gasteiger partial charge in [0.15, 0.2) is 5.75 Å². The molecule has 0 spiro atoms. The largest absolute Gasteiger partial charge is 0.484 e. The fourth-order valence-electron chi connectivity index (χ4n) is 6.24. The Morgan fingerprint density at radius 2 is 1.95 bits per heavy atom. The molecular formula is C28H28FN5O7. The van der Waals surface area contributed by atoms with Gasteiger partial charge in [-0.05, 0) is 49.5 Å². The standard InChI is InChI=1S/C28H28FN5O7/c29-20-3-1-16-2-4-22(35)34-15-28(24(20)25(16)34,19(27(38)39)11-23(36)37)14-33-9-6-17(7-10-33)30-12-18-13-40-21-5-8-31-32-26(21)41-18/h1-5,8,11,17-18,30H,6-7,9-10,12-15H2,(H,36,37)(H,38,39)/t18-,28?/m0/s1. The van der Waals surface area contributed by atoms with Gasteiger partial charge >= 0.3 is 11.9 Å². The van der Waals surface area contributed by atoms with Crippen LogP contribution in [0.15, 0.2) is 53.0 Å². The molecule has 1 unspecified atom stereocenters. The van der Waals surface area contributed by atoms with Crippen molar-refractivity contribution in [2.24, 2.45) is 0 Å². The lowest BCUT2D eigenvalue weighted by Crippen LogP contribution is -2.51. The van der Waals surface area contributed by atoms with Gasteiger partial charge in [-0.3, -0.25) is 4.79 Å². The summed E-state index contributed by atoms with van der Waals surface area (Å²) in [7, 11) is 0. The van der Waals surface area contributed by atoms with Crippen LogP contribution < -0.4 is 20.3 Å². The molecule has 0 bridgehead atoms. The van der Waals surface area contributed by atoms with Gasteiger partial charge in [-0.1, -0.05) is 0 Å². The van der Waals surface area contributed by atoms with Crippen LogP contribution in [0.3, 0.4) is 0 Å². The third-order valence-electron chi connectivity index (χ3n) is 8.09. The highest BCUT2D eigenvalue weighted by molar-refractivity contribution is 5.99. The van der Waals surface area contributed by atoms with E-state index in [-0.39, 0.29) is 30.8 Å². The Kier molecular flexibility index (Phi) is 6.91. The van der Waals surface area contributed by atoms with Gasteiger partial charge < -0.3 is 34.5 Å². The minimum atomic E-state index is -1.58. The number of nitrogens with one attached hydrogen (secondary N) is 1. The number of aliphatic carboxylic acids is 2. The number of carbonyl (C=O) groups is 2. The molecule has 13 heteroatoms. The van der Waals surface area contributed by atoms with E-state index in [4.69, 9.17) is 9.47 Å². The predicted molar refractivity (Wildman–Crippen MR) is 143 cm³/mol. The molecule has 214 valence electrons. The Balaban J connectivity index is 1.21. The molecule has 1 fully saturated rings. The van der Waals surface area contributed by atoms with Crippen LogP contribution >= 0.6 is 0 Å². The molecule has 2 aromatic heterocycles. The summed E-state index contributed by atoms with van der Waals surface area (Å²) < 4.78 is 28.5. The van der Waals surface area contributed by atoms with Gasteiger partial charge in [-0.2, -0.15) is 5.10 Å². The SMILES string of the molecule is O=C(O)C=C(C(=O)O)C1(CN2CCC(NC[C@H]3COc4ccnnc4O3)CC2)Cn2c(=O)ccc3ccc(F)c1c32. The Morgan fingerprint density at radius 1 is 1.17 bits per heavy atom. The average Bonchev–Trinajstić information content (AvgIpc) is 3.31. The molecular weight excluding hydrogens is 537 g/mol. The molecule has 3 aliphatic heterocycles. The number of carboxylic acids is 2. The van der Waals surface area contributed by atoms with Crippen LogP contribution in [0.1, 0.15) is 18.4 Å². The summed E-state index contributed by atoms with van der Waals surface area (Å²) >= 11 is 0. The van der Waals surface area contributed by atoms with E-state index in [0.29, 0.717) is 67.7 Å². The fourth-order valence-corrected chi connectivity index (χ4v) is 6.24. The zero-order chi connectivity index (χ0) is 28.7. The number of aromatic nitrogens is 3. The van der Waals surface area contributed by atoms with E-state index in [2.05, 4.69) is 15.5 Å². The number of pyridine rings is 1. The van der Waals surface area contributed by atoms with E-state index in [1.807, 2.05) is 4.90 Å². The quantitative estimate of drug-likeness (QED) is 0.337. The summed E-state index contributed by atoms with van der Waals surface area (Å²) in [5.41, 5.74) is -2.11. The number of nitrogens with zero attached hydrogens (tertiary/aromatic N) is 4. The Labute approximate surface area is 233 Å². The first kappa shape index (κ1) is 26.8. The molecule has 3 aromatic rings. The normalized spacial score (nSPS) is 22.7. The lowest BCUT2D eigenvalue weighted by Gasteiger charge is -2.40. The van der Waals surface area contributed by atoms with Crippen molar-refractivity contribution in [2.75, 3.05) is 32.8 Å². The maximum absolute atomic E-state index is 15.6. The fraction of sp³-hybridized carbons (Fsp3) is 0.393. The number of carboxylic acid groups (broad SMARTS) is 2. The van der Waals surface area contributed by atoms with Crippen LogP contribution in [0.2, 0.25) is 0 Å². The maximum atomic E-state index is 15.6. The van der Waals surface area contributed by atoms with E-state index < -0.39 is 34.3 Å². The highest BCUT2D eigenvalue weighted by Gasteiger charge is 2.49. The number of benzene rings is 1. The van der Waals surface area contributed by atoms with Crippen molar-refractivity contribution in [2.45, 2.75) is 36.9 Å². The maximum Gasteiger partial charge on any atom is 0.332 e. The van der Waals surface area contributed by atoms with Gasteiger partial charge in [-0.15, -0.1) is 5.10 Å². The summed E-state index contributed by atoms with van der Waals surface area (Å²) in [6.07, 6.45) is 3.35. The monoisotopic (exact) mass is 565 g/mol. The van der Waals surface area contributed by atoms with E-state index in [9.17, 15) is 24.6 Å². The highest BCUT2D eigenvalue weighted by Crippen LogP contribution is 2.45. The van der Waals surface area contributed by atoms with E-state index >= 15 is 4.39 Å². The average molecular weight is 566 g/mol. The molecule has 3 N–H and O–H groups in total. The van der Waals surface area contributed by atoms with Crippen LogP contribution in [0.25, 0.3) is 10.9 Å². The summed E-state index contributed by atoms with van der Waals surface area (Å²) in [6.45, 7) is 1.87. The lowest BCUT2D eigenvalue weighted by molar-refractivity contribution is -0.136. The third kappa shape index (κ3) is 4.91. The van der Waals surface area contributed by atoms with Crippen LogP contribution in [-0.2, 0) is 21.5 Å². The van der Waals surface area contributed by atoms with Crippen molar-refractivity contribution in [3.05, 3.63) is 69.9 Å². The van der Waals surface area contributed by atoms with Crippen molar-refractivity contribution in [1.82, 2.24) is 25.0 Å². The Hall–Kier alpha value is -4.36. The molecule has 6 rings (SSSR count). The number of rotatable bonds is 8. The molecule has 0 saturated carbocycles. The second-order valence-electron chi connectivity index (χ2n) is 10.6. The van der Waals surface area contributed by atoms with Crippen LogP contribution in [0.5, 0.6) is 11.6 Å². The first-order chi connectivity index (χ1) is 19.7. The summed E-state index contributed by atoms with van der Waals surface area (Å²) in [5.74, 6) is -2.69. The second-order valence-corrected chi connectivity index (χ2v) is 10.6. The predicted octanol–water partition coefficient (Wildman–Crippen LogP) is 1.17. The summed E-state index contributed by atoms with van der Waals surface area (Å²) in [4.78, 5) is 39.1. The first-order valence-electron chi connectivity index (χ1n) is 13.3. The number of hydrogen-bond acceptors (Lipinski definition) is 9. The zero-order valence-electron chi connectivity index (χ0n) is 22.0. The Bertz CT molecular complexity index is 1620. The number of hydrogen-bond donors (Lipinski definition) is 3.